The highest BCUT2D eigenvalue weighted by molar-refractivity contribution is 7.92. The zero-order valence-corrected chi connectivity index (χ0v) is 11.9. The first-order chi connectivity index (χ1) is 8.75. The van der Waals surface area contributed by atoms with Crippen molar-refractivity contribution >= 4 is 21.7 Å². The molecule has 0 spiro atoms. The third-order valence-corrected chi connectivity index (χ3v) is 3.79. The average Bonchev–Trinajstić information content (AvgIpc) is 2.32. The second-order valence-electron chi connectivity index (χ2n) is 4.23. The van der Waals surface area contributed by atoms with Crippen LogP contribution in [0.25, 0.3) is 0 Å². The molecule has 1 aromatic rings. The summed E-state index contributed by atoms with van der Waals surface area (Å²) in [6.45, 7) is 3.47. The quantitative estimate of drug-likeness (QED) is 0.629. The highest BCUT2D eigenvalue weighted by Crippen LogP contribution is 2.29. The summed E-state index contributed by atoms with van der Waals surface area (Å²) >= 11 is 0. The van der Waals surface area contributed by atoms with Gasteiger partial charge in [0.15, 0.2) is 0 Å². The first-order valence-corrected chi connectivity index (χ1v) is 7.28. The van der Waals surface area contributed by atoms with Gasteiger partial charge < -0.3 is 9.84 Å². The topological polar surface area (TPSA) is 92.7 Å². The van der Waals surface area contributed by atoms with Crippen molar-refractivity contribution in [2.75, 3.05) is 17.6 Å². The predicted molar refractivity (Wildman–Crippen MR) is 71.6 cm³/mol. The largest absolute Gasteiger partial charge is 0.505 e. The first kappa shape index (κ1) is 15.3. The molecular weight excluding hydrogens is 270 g/mol. The maximum atomic E-state index is 11.8. The number of esters is 1. The molecule has 0 atom stereocenters. The number of benzene rings is 1. The van der Waals surface area contributed by atoms with Gasteiger partial charge in [0.05, 0.1) is 25.0 Å². The van der Waals surface area contributed by atoms with Crippen molar-refractivity contribution in [2.45, 2.75) is 20.3 Å². The van der Waals surface area contributed by atoms with Crippen LogP contribution < -0.4 is 4.72 Å². The van der Waals surface area contributed by atoms with Crippen LogP contribution in [-0.2, 0) is 19.6 Å². The van der Waals surface area contributed by atoms with Gasteiger partial charge in [0.2, 0.25) is 10.0 Å². The number of hydrogen-bond donors (Lipinski definition) is 2. The lowest BCUT2D eigenvalue weighted by atomic mass is 10.1. The minimum atomic E-state index is -3.71. The van der Waals surface area contributed by atoms with Crippen molar-refractivity contribution in [3.05, 3.63) is 23.3 Å². The lowest BCUT2D eigenvalue weighted by Crippen LogP contribution is -2.19. The van der Waals surface area contributed by atoms with E-state index in [0.29, 0.717) is 5.56 Å². The van der Waals surface area contributed by atoms with E-state index in [9.17, 15) is 18.3 Å². The number of carbonyl (C=O) groups is 1. The number of phenols is 1. The van der Waals surface area contributed by atoms with Crippen LogP contribution in [0.3, 0.4) is 0 Å². The Kier molecular flexibility index (Phi) is 4.77. The number of aryl methyl sites for hydroxylation is 2. The fourth-order valence-corrected chi connectivity index (χ4v) is 2.60. The Hall–Kier alpha value is -1.76. The van der Waals surface area contributed by atoms with Gasteiger partial charge >= 0.3 is 5.97 Å². The van der Waals surface area contributed by atoms with Gasteiger partial charge in [-0.1, -0.05) is 6.07 Å². The van der Waals surface area contributed by atoms with Crippen LogP contribution >= 0.6 is 0 Å². The van der Waals surface area contributed by atoms with Crippen molar-refractivity contribution in [2.24, 2.45) is 0 Å². The van der Waals surface area contributed by atoms with Crippen LogP contribution in [0.1, 0.15) is 17.5 Å². The summed E-state index contributed by atoms with van der Waals surface area (Å²) in [5, 5.41) is 9.79. The Morgan fingerprint density at radius 1 is 1.37 bits per heavy atom. The van der Waals surface area contributed by atoms with Crippen LogP contribution in [0.2, 0.25) is 0 Å². The Balaban J connectivity index is 2.87. The Morgan fingerprint density at radius 2 is 2.00 bits per heavy atom. The lowest BCUT2D eigenvalue weighted by Gasteiger charge is -2.11. The monoisotopic (exact) mass is 287 g/mol. The normalized spacial score (nSPS) is 11.1. The number of sulfonamides is 1. The van der Waals surface area contributed by atoms with Crippen molar-refractivity contribution in [3.8, 4) is 5.75 Å². The SMILES string of the molecule is COC(=O)CCS(=O)(=O)Nc1cc(C)cc(C)c1O. The van der Waals surface area contributed by atoms with Crippen molar-refractivity contribution in [1.82, 2.24) is 0 Å². The molecule has 2 N–H and O–H groups in total. The molecule has 1 aromatic carbocycles. The summed E-state index contributed by atoms with van der Waals surface area (Å²) in [7, 11) is -2.51. The zero-order valence-electron chi connectivity index (χ0n) is 11.1. The molecule has 0 aliphatic rings. The third-order valence-electron chi connectivity index (χ3n) is 2.51. The third kappa shape index (κ3) is 4.44. The molecule has 0 unspecified atom stereocenters. The molecule has 19 heavy (non-hydrogen) atoms. The van der Waals surface area contributed by atoms with Crippen LogP contribution in [0.15, 0.2) is 12.1 Å². The zero-order chi connectivity index (χ0) is 14.6. The van der Waals surface area contributed by atoms with E-state index in [-0.39, 0.29) is 17.9 Å². The van der Waals surface area contributed by atoms with Gasteiger partial charge in [-0.3, -0.25) is 9.52 Å². The number of aromatic hydroxyl groups is 1. The van der Waals surface area contributed by atoms with Gasteiger partial charge in [-0.05, 0) is 31.0 Å². The van der Waals surface area contributed by atoms with E-state index in [4.69, 9.17) is 0 Å². The number of nitrogens with one attached hydrogen (secondary N) is 1. The number of methoxy groups -OCH3 is 1. The lowest BCUT2D eigenvalue weighted by molar-refractivity contribution is -0.140. The molecule has 7 heteroatoms. The Labute approximate surface area is 112 Å². The molecular formula is C12H17NO5S. The summed E-state index contributed by atoms with van der Waals surface area (Å²) in [5.41, 5.74) is 1.51. The van der Waals surface area contributed by atoms with Crippen molar-refractivity contribution < 1.29 is 23.1 Å². The predicted octanol–water partition coefficient (Wildman–Crippen LogP) is 1.31. The number of anilines is 1. The molecule has 0 saturated carbocycles. The smallest absolute Gasteiger partial charge is 0.306 e. The maximum absolute atomic E-state index is 11.8. The molecule has 0 bridgehead atoms. The number of hydrogen-bond acceptors (Lipinski definition) is 5. The molecule has 0 heterocycles. The highest BCUT2D eigenvalue weighted by Gasteiger charge is 2.16. The van der Waals surface area contributed by atoms with Crippen molar-refractivity contribution in [1.29, 1.82) is 0 Å². The minimum Gasteiger partial charge on any atom is -0.505 e. The average molecular weight is 287 g/mol. The van der Waals surface area contributed by atoms with E-state index in [1.165, 1.54) is 13.2 Å². The second-order valence-corrected chi connectivity index (χ2v) is 6.07. The summed E-state index contributed by atoms with van der Waals surface area (Å²) in [6, 6.07) is 3.26. The van der Waals surface area contributed by atoms with Crippen molar-refractivity contribution in [3.63, 3.8) is 0 Å². The number of carbonyl (C=O) groups excluding carboxylic acids is 1. The number of ether oxygens (including phenoxy) is 1. The maximum Gasteiger partial charge on any atom is 0.306 e. The fourth-order valence-electron chi connectivity index (χ4n) is 1.58. The summed E-state index contributed by atoms with van der Waals surface area (Å²) < 4.78 is 30.2. The standard InChI is InChI=1S/C12H17NO5S/c1-8-6-9(2)12(15)10(7-8)13-19(16,17)5-4-11(14)18-3/h6-7,13,15H,4-5H2,1-3H3. The highest BCUT2D eigenvalue weighted by atomic mass is 32.2. The Bertz CT molecular complexity index is 580. The van der Waals surface area contributed by atoms with Crippen LogP contribution in [0.5, 0.6) is 5.75 Å². The van der Waals surface area contributed by atoms with E-state index < -0.39 is 21.7 Å². The van der Waals surface area contributed by atoms with Gasteiger partial charge in [0, 0.05) is 0 Å². The molecule has 0 saturated heterocycles. The van der Waals surface area contributed by atoms with Gasteiger partial charge in [0.1, 0.15) is 5.75 Å². The molecule has 0 aliphatic carbocycles. The molecule has 0 amide bonds. The number of phenolic OH excluding ortho intramolecular Hbond substituents is 1. The molecule has 0 aromatic heterocycles. The van der Waals surface area contributed by atoms with Crippen LogP contribution in [-0.4, -0.2) is 32.4 Å². The van der Waals surface area contributed by atoms with E-state index >= 15 is 0 Å². The number of rotatable bonds is 5. The van der Waals surface area contributed by atoms with Crippen LogP contribution in [0, 0.1) is 13.8 Å². The molecule has 0 fully saturated rings. The Morgan fingerprint density at radius 3 is 2.58 bits per heavy atom. The van der Waals surface area contributed by atoms with E-state index in [1.54, 1.807) is 19.9 Å². The molecule has 0 aliphatic heterocycles. The first-order valence-electron chi connectivity index (χ1n) is 5.62. The summed E-state index contributed by atoms with van der Waals surface area (Å²) in [4.78, 5) is 10.9. The molecule has 106 valence electrons. The van der Waals surface area contributed by atoms with E-state index in [1.807, 2.05) is 0 Å². The second kappa shape index (κ2) is 5.92. The van der Waals surface area contributed by atoms with Gasteiger partial charge in [0.25, 0.3) is 0 Å². The molecule has 1 rings (SSSR count). The van der Waals surface area contributed by atoms with Crippen LogP contribution in [0.4, 0.5) is 5.69 Å². The van der Waals surface area contributed by atoms with Gasteiger partial charge in [-0.2, -0.15) is 0 Å². The van der Waals surface area contributed by atoms with E-state index in [0.717, 1.165) is 5.56 Å². The fraction of sp³-hybridized carbons (Fsp3) is 0.417. The van der Waals surface area contributed by atoms with Gasteiger partial charge in [-0.25, -0.2) is 8.42 Å². The van der Waals surface area contributed by atoms with Gasteiger partial charge in [-0.15, -0.1) is 0 Å². The van der Waals surface area contributed by atoms with E-state index in [2.05, 4.69) is 9.46 Å². The molecule has 0 radical (unpaired) electrons. The minimum absolute atomic E-state index is 0.113. The summed E-state index contributed by atoms with van der Waals surface area (Å²) in [5.74, 6) is -1.12. The molecule has 6 nitrogen and oxygen atoms in total. The summed E-state index contributed by atoms with van der Waals surface area (Å²) in [6.07, 6.45) is -0.239.